The van der Waals surface area contributed by atoms with E-state index in [1.165, 1.54) is 9.75 Å². The average molecular weight is 308 g/mol. The first kappa shape index (κ1) is 16.5. The molecule has 1 fully saturated rings. The quantitative estimate of drug-likeness (QED) is 0.858. The highest BCUT2D eigenvalue weighted by Gasteiger charge is 2.42. The predicted molar refractivity (Wildman–Crippen MR) is 89.4 cm³/mol. The second-order valence-corrected chi connectivity index (χ2v) is 7.55. The highest BCUT2D eigenvalue weighted by molar-refractivity contribution is 7.12. The molecule has 4 heteroatoms. The van der Waals surface area contributed by atoms with E-state index in [1.807, 2.05) is 0 Å². The van der Waals surface area contributed by atoms with Gasteiger partial charge in [0, 0.05) is 15.8 Å². The van der Waals surface area contributed by atoms with Gasteiger partial charge in [-0.1, -0.05) is 33.6 Å². The number of aryl methyl sites for hydroxylation is 1. The molecule has 0 saturated carbocycles. The molecule has 2 heterocycles. The summed E-state index contributed by atoms with van der Waals surface area (Å²) in [5.41, 5.74) is 0. The number of thiophene rings is 1. The molecular weight excluding hydrogens is 280 g/mol. The SMILES string of the molecule is CCCC1NC(c2ccc(C)s2)N(C(C)C(C)CC)C1=O. The summed E-state index contributed by atoms with van der Waals surface area (Å²) in [6, 6.07) is 4.55. The zero-order valence-electron chi connectivity index (χ0n) is 13.8. The van der Waals surface area contributed by atoms with E-state index in [0.717, 1.165) is 19.3 Å². The molecule has 1 saturated heterocycles. The van der Waals surface area contributed by atoms with Gasteiger partial charge in [0.15, 0.2) is 0 Å². The van der Waals surface area contributed by atoms with Gasteiger partial charge in [0.05, 0.1) is 6.04 Å². The van der Waals surface area contributed by atoms with Crippen molar-refractivity contribution in [3.63, 3.8) is 0 Å². The van der Waals surface area contributed by atoms with E-state index in [1.54, 1.807) is 11.3 Å². The Labute approximate surface area is 132 Å². The molecule has 3 nitrogen and oxygen atoms in total. The Bertz CT molecular complexity index is 485. The summed E-state index contributed by atoms with van der Waals surface area (Å²) in [4.78, 5) is 17.5. The van der Waals surface area contributed by atoms with Crippen molar-refractivity contribution in [2.75, 3.05) is 0 Å². The lowest BCUT2D eigenvalue weighted by Crippen LogP contribution is -2.41. The fourth-order valence-corrected chi connectivity index (χ4v) is 3.95. The molecule has 4 unspecified atom stereocenters. The molecule has 1 aliphatic rings. The van der Waals surface area contributed by atoms with Crippen molar-refractivity contribution in [2.45, 2.75) is 72.1 Å². The van der Waals surface area contributed by atoms with Gasteiger partial charge in [0.25, 0.3) is 0 Å². The maximum atomic E-state index is 12.8. The summed E-state index contributed by atoms with van der Waals surface area (Å²) in [5, 5.41) is 3.57. The second-order valence-electron chi connectivity index (χ2n) is 6.23. The number of carbonyl (C=O) groups excluding carboxylic acids is 1. The lowest BCUT2D eigenvalue weighted by atomic mass is 9.98. The normalized spacial score (nSPS) is 25.4. The number of nitrogens with zero attached hydrogens (tertiary/aromatic N) is 1. The fourth-order valence-electron chi connectivity index (χ4n) is 3.02. The Morgan fingerprint density at radius 3 is 2.57 bits per heavy atom. The smallest absolute Gasteiger partial charge is 0.241 e. The summed E-state index contributed by atoms with van der Waals surface area (Å²) in [6.45, 7) is 10.9. The minimum atomic E-state index is -0.0195. The summed E-state index contributed by atoms with van der Waals surface area (Å²) < 4.78 is 0. The number of hydrogen-bond donors (Lipinski definition) is 1. The van der Waals surface area contributed by atoms with E-state index < -0.39 is 0 Å². The predicted octanol–water partition coefficient (Wildman–Crippen LogP) is 4.09. The zero-order chi connectivity index (χ0) is 15.6. The molecule has 4 atom stereocenters. The van der Waals surface area contributed by atoms with Crippen LogP contribution in [0.3, 0.4) is 0 Å². The van der Waals surface area contributed by atoms with Crippen LogP contribution in [0.1, 0.15) is 62.9 Å². The van der Waals surface area contributed by atoms with Gasteiger partial charge in [-0.2, -0.15) is 0 Å². The highest BCUT2D eigenvalue weighted by Crippen LogP contribution is 2.34. The van der Waals surface area contributed by atoms with Crippen molar-refractivity contribution in [1.82, 2.24) is 10.2 Å². The molecule has 0 radical (unpaired) electrons. The van der Waals surface area contributed by atoms with Crippen molar-refractivity contribution in [3.05, 3.63) is 21.9 Å². The van der Waals surface area contributed by atoms with Crippen LogP contribution in [0.5, 0.6) is 0 Å². The minimum Gasteiger partial charge on any atom is -0.318 e. The van der Waals surface area contributed by atoms with E-state index in [0.29, 0.717) is 5.92 Å². The Morgan fingerprint density at radius 1 is 1.33 bits per heavy atom. The maximum absolute atomic E-state index is 12.8. The summed E-state index contributed by atoms with van der Waals surface area (Å²) >= 11 is 1.79. The number of carbonyl (C=O) groups is 1. The first-order chi connectivity index (χ1) is 9.99. The van der Waals surface area contributed by atoms with E-state index in [-0.39, 0.29) is 24.2 Å². The minimum absolute atomic E-state index is 0.0195. The Kier molecular flexibility index (Phi) is 5.44. The number of nitrogens with one attached hydrogen (secondary N) is 1. The zero-order valence-corrected chi connectivity index (χ0v) is 14.7. The number of amides is 1. The fraction of sp³-hybridized carbons (Fsp3) is 0.706. The van der Waals surface area contributed by atoms with Crippen LogP contribution in [0.15, 0.2) is 12.1 Å². The lowest BCUT2D eigenvalue weighted by Gasteiger charge is -2.33. The van der Waals surface area contributed by atoms with Crippen LogP contribution >= 0.6 is 11.3 Å². The second kappa shape index (κ2) is 6.93. The topological polar surface area (TPSA) is 32.3 Å². The van der Waals surface area contributed by atoms with Crippen LogP contribution < -0.4 is 5.32 Å². The molecule has 0 aliphatic carbocycles. The van der Waals surface area contributed by atoms with Gasteiger partial charge in [-0.25, -0.2) is 0 Å². The van der Waals surface area contributed by atoms with Crippen LogP contribution in [0.25, 0.3) is 0 Å². The Morgan fingerprint density at radius 2 is 2.05 bits per heavy atom. The molecule has 0 bridgehead atoms. The van der Waals surface area contributed by atoms with Crippen molar-refractivity contribution in [1.29, 1.82) is 0 Å². The molecule has 0 aromatic carbocycles. The molecular formula is C17H28N2OS. The van der Waals surface area contributed by atoms with E-state index in [9.17, 15) is 4.79 Å². The van der Waals surface area contributed by atoms with Crippen LogP contribution in [-0.4, -0.2) is 22.9 Å². The molecule has 118 valence electrons. The van der Waals surface area contributed by atoms with E-state index >= 15 is 0 Å². The molecule has 21 heavy (non-hydrogen) atoms. The third-order valence-corrected chi connectivity index (χ3v) is 5.76. The summed E-state index contributed by atoms with van der Waals surface area (Å²) in [7, 11) is 0. The van der Waals surface area contributed by atoms with Crippen molar-refractivity contribution in [2.24, 2.45) is 5.92 Å². The van der Waals surface area contributed by atoms with E-state index in [2.05, 4.69) is 57.0 Å². The monoisotopic (exact) mass is 308 g/mol. The van der Waals surface area contributed by atoms with Gasteiger partial charge in [-0.05, 0) is 38.3 Å². The third-order valence-electron chi connectivity index (χ3n) is 4.70. The molecule has 1 N–H and O–H groups in total. The van der Waals surface area contributed by atoms with Crippen molar-refractivity contribution < 1.29 is 4.79 Å². The Hall–Kier alpha value is -0.870. The van der Waals surface area contributed by atoms with Crippen LogP contribution in [0.2, 0.25) is 0 Å². The van der Waals surface area contributed by atoms with Gasteiger partial charge in [0.2, 0.25) is 5.91 Å². The third kappa shape index (κ3) is 3.32. The van der Waals surface area contributed by atoms with Gasteiger partial charge >= 0.3 is 0 Å². The van der Waals surface area contributed by atoms with Crippen LogP contribution in [-0.2, 0) is 4.79 Å². The summed E-state index contributed by atoms with van der Waals surface area (Å²) in [6.07, 6.45) is 3.10. The standard InChI is InChI=1S/C17H28N2OS/c1-6-8-14-17(20)19(13(5)11(3)7-2)16(18-14)15-10-9-12(4)21-15/h9-11,13-14,16,18H,6-8H2,1-5H3. The molecule has 2 rings (SSSR count). The van der Waals surface area contributed by atoms with Crippen molar-refractivity contribution >= 4 is 17.2 Å². The molecule has 1 aliphatic heterocycles. The van der Waals surface area contributed by atoms with Gasteiger partial charge in [-0.15, -0.1) is 11.3 Å². The molecule has 1 amide bonds. The van der Waals surface area contributed by atoms with Gasteiger partial charge < -0.3 is 4.90 Å². The highest BCUT2D eigenvalue weighted by atomic mass is 32.1. The molecule has 0 spiro atoms. The first-order valence-electron chi connectivity index (χ1n) is 8.14. The van der Waals surface area contributed by atoms with Crippen LogP contribution in [0, 0.1) is 12.8 Å². The largest absolute Gasteiger partial charge is 0.318 e. The van der Waals surface area contributed by atoms with E-state index in [4.69, 9.17) is 0 Å². The number of rotatable bonds is 6. The van der Waals surface area contributed by atoms with Gasteiger partial charge in [-0.3, -0.25) is 10.1 Å². The van der Waals surface area contributed by atoms with Crippen molar-refractivity contribution in [3.8, 4) is 0 Å². The Balaban J connectivity index is 2.28. The molecule has 1 aromatic rings. The lowest BCUT2D eigenvalue weighted by molar-refractivity contribution is -0.133. The average Bonchev–Trinajstić information content (AvgIpc) is 3.02. The summed E-state index contributed by atoms with van der Waals surface area (Å²) in [5.74, 6) is 0.792. The number of hydrogen-bond acceptors (Lipinski definition) is 3. The molecule has 1 aromatic heterocycles. The van der Waals surface area contributed by atoms with Crippen LogP contribution in [0.4, 0.5) is 0 Å². The first-order valence-corrected chi connectivity index (χ1v) is 8.95. The maximum Gasteiger partial charge on any atom is 0.241 e. The van der Waals surface area contributed by atoms with Gasteiger partial charge in [0.1, 0.15) is 6.17 Å².